The summed E-state index contributed by atoms with van der Waals surface area (Å²) in [7, 11) is 0. The van der Waals surface area contributed by atoms with E-state index in [0.29, 0.717) is 11.3 Å². The van der Waals surface area contributed by atoms with Gasteiger partial charge in [-0.05, 0) is 112 Å². The molecule has 0 spiro atoms. The SMILES string of the molecule is [C-]#[N+]c1cc(C#N)cc(-c2ccc(N(c3ccc(-c4ccncc4)cc3)c3ccc(-c4ccncc4)cc3)cc2)c1. The lowest BCUT2D eigenvalue weighted by Gasteiger charge is -2.26. The van der Waals surface area contributed by atoms with E-state index in [1.165, 1.54) is 0 Å². The Morgan fingerprint density at radius 2 is 0.902 bits per heavy atom. The Balaban J connectivity index is 1.39. The standard InChI is InChI=1S/C36H23N5/c1-38-33-23-26(25-37)22-32(24-33)29-6-12-36(13-7-29)41(34-8-2-27(3-9-34)30-14-18-39-19-15-30)35-10-4-28(5-11-35)31-16-20-40-21-17-31/h2-24H. The van der Waals surface area contributed by atoms with Gasteiger partial charge < -0.3 is 4.90 Å². The first-order valence-corrected chi connectivity index (χ1v) is 13.1. The Kier molecular flexibility index (Phi) is 7.00. The fourth-order valence-electron chi connectivity index (χ4n) is 4.85. The van der Waals surface area contributed by atoms with Crippen molar-refractivity contribution in [1.82, 2.24) is 9.97 Å². The van der Waals surface area contributed by atoms with Crippen LogP contribution in [0.15, 0.2) is 140 Å². The molecular weight excluding hydrogens is 502 g/mol. The monoisotopic (exact) mass is 525 g/mol. The highest BCUT2D eigenvalue weighted by atomic mass is 15.1. The number of benzene rings is 4. The van der Waals surface area contributed by atoms with Crippen molar-refractivity contribution in [2.45, 2.75) is 0 Å². The maximum Gasteiger partial charge on any atom is 0.189 e. The predicted molar refractivity (Wildman–Crippen MR) is 164 cm³/mol. The van der Waals surface area contributed by atoms with Crippen molar-refractivity contribution in [2.75, 3.05) is 4.90 Å². The zero-order chi connectivity index (χ0) is 28.0. The number of hydrogen-bond donors (Lipinski definition) is 0. The zero-order valence-electron chi connectivity index (χ0n) is 22.0. The molecule has 0 bridgehead atoms. The average molecular weight is 526 g/mol. The molecule has 6 aromatic rings. The molecule has 0 radical (unpaired) electrons. The van der Waals surface area contributed by atoms with Gasteiger partial charge in [0.1, 0.15) is 0 Å². The highest BCUT2D eigenvalue weighted by Crippen LogP contribution is 2.38. The number of pyridine rings is 2. The topological polar surface area (TPSA) is 57.2 Å². The number of hydrogen-bond acceptors (Lipinski definition) is 4. The van der Waals surface area contributed by atoms with Gasteiger partial charge in [-0.2, -0.15) is 5.26 Å². The molecule has 0 aliphatic rings. The number of aromatic nitrogens is 2. The summed E-state index contributed by atoms with van der Waals surface area (Å²) in [5, 5.41) is 9.42. The number of nitrogens with zero attached hydrogens (tertiary/aromatic N) is 5. The lowest BCUT2D eigenvalue weighted by molar-refractivity contribution is 1.28. The van der Waals surface area contributed by atoms with Crippen LogP contribution < -0.4 is 4.90 Å². The molecule has 2 heterocycles. The van der Waals surface area contributed by atoms with Crippen LogP contribution in [0.25, 0.3) is 38.2 Å². The molecule has 192 valence electrons. The van der Waals surface area contributed by atoms with Gasteiger partial charge in [0, 0.05) is 47.4 Å². The van der Waals surface area contributed by atoms with Crippen molar-refractivity contribution < 1.29 is 0 Å². The van der Waals surface area contributed by atoms with Crippen molar-refractivity contribution in [3.63, 3.8) is 0 Å². The van der Waals surface area contributed by atoms with Gasteiger partial charge in [0.15, 0.2) is 5.69 Å². The second-order valence-electron chi connectivity index (χ2n) is 9.44. The van der Waals surface area contributed by atoms with Crippen LogP contribution in [0.4, 0.5) is 22.7 Å². The summed E-state index contributed by atoms with van der Waals surface area (Å²) in [4.78, 5) is 14.0. The second kappa shape index (κ2) is 11.4. The zero-order valence-corrected chi connectivity index (χ0v) is 22.0. The minimum Gasteiger partial charge on any atom is -0.311 e. The largest absolute Gasteiger partial charge is 0.311 e. The molecule has 41 heavy (non-hydrogen) atoms. The Morgan fingerprint density at radius 3 is 1.29 bits per heavy atom. The summed E-state index contributed by atoms with van der Waals surface area (Å²) in [6, 6.07) is 40.6. The predicted octanol–water partition coefficient (Wildman–Crippen LogP) is 9.37. The Bertz CT molecular complexity index is 1750. The van der Waals surface area contributed by atoms with Gasteiger partial charge in [-0.15, -0.1) is 0 Å². The van der Waals surface area contributed by atoms with Crippen molar-refractivity contribution in [3.05, 3.63) is 157 Å². The summed E-state index contributed by atoms with van der Waals surface area (Å²) in [6.07, 6.45) is 7.20. The summed E-state index contributed by atoms with van der Waals surface area (Å²) in [5.74, 6) is 0. The third kappa shape index (κ3) is 5.43. The molecule has 4 aromatic carbocycles. The summed E-state index contributed by atoms with van der Waals surface area (Å²) in [6.45, 7) is 7.40. The third-order valence-electron chi connectivity index (χ3n) is 6.91. The first kappa shape index (κ1) is 25.2. The molecule has 5 nitrogen and oxygen atoms in total. The van der Waals surface area contributed by atoms with E-state index in [1.807, 2.05) is 48.5 Å². The first-order chi connectivity index (χ1) is 20.2. The van der Waals surface area contributed by atoms with Crippen LogP contribution in [0.2, 0.25) is 0 Å². The van der Waals surface area contributed by atoms with Crippen LogP contribution in [0, 0.1) is 17.9 Å². The van der Waals surface area contributed by atoms with Gasteiger partial charge in [0.25, 0.3) is 0 Å². The lowest BCUT2D eigenvalue weighted by atomic mass is 10.0. The highest BCUT2D eigenvalue weighted by Gasteiger charge is 2.14. The molecule has 0 unspecified atom stereocenters. The van der Waals surface area contributed by atoms with Crippen LogP contribution in [0.3, 0.4) is 0 Å². The number of nitriles is 1. The summed E-state index contributed by atoms with van der Waals surface area (Å²) < 4.78 is 0. The Labute approximate surface area is 239 Å². The van der Waals surface area contributed by atoms with Crippen molar-refractivity contribution in [2.24, 2.45) is 0 Å². The van der Waals surface area contributed by atoms with Crippen molar-refractivity contribution in [3.8, 4) is 39.4 Å². The summed E-state index contributed by atoms with van der Waals surface area (Å²) in [5.41, 5.74) is 10.2. The van der Waals surface area contributed by atoms with Crippen molar-refractivity contribution >= 4 is 22.7 Å². The van der Waals surface area contributed by atoms with E-state index in [0.717, 1.165) is 50.4 Å². The minimum absolute atomic E-state index is 0.452. The van der Waals surface area contributed by atoms with E-state index >= 15 is 0 Å². The molecule has 0 fully saturated rings. The van der Waals surface area contributed by atoms with Crippen LogP contribution in [0.1, 0.15) is 5.56 Å². The van der Waals surface area contributed by atoms with Gasteiger partial charge >= 0.3 is 0 Å². The number of rotatable bonds is 6. The first-order valence-electron chi connectivity index (χ1n) is 13.1. The molecule has 0 saturated heterocycles. The van der Waals surface area contributed by atoms with E-state index in [9.17, 15) is 5.26 Å². The maximum absolute atomic E-state index is 9.42. The average Bonchev–Trinajstić information content (AvgIpc) is 3.06. The molecular formula is C36H23N5. The second-order valence-corrected chi connectivity index (χ2v) is 9.44. The maximum atomic E-state index is 9.42. The van der Waals surface area contributed by atoms with Crippen LogP contribution in [0.5, 0.6) is 0 Å². The summed E-state index contributed by atoms with van der Waals surface area (Å²) >= 11 is 0. The normalized spacial score (nSPS) is 10.4. The van der Waals surface area contributed by atoms with E-state index in [4.69, 9.17) is 6.57 Å². The lowest BCUT2D eigenvalue weighted by Crippen LogP contribution is -2.09. The van der Waals surface area contributed by atoms with E-state index < -0.39 is 0 Å². The molecule has 6 rings (SSSR count). The molecule has 0 N–H and O–H groups in total. The van der Waals surface area contributed by atoms with E-state index in [1.54, 1.807) is 30.9 Å². The van der Waals surface area contributed by atoms with E-state index in [-0.39, 0.29) is 0 Å². The molecule has 0 saturated carbocycles. The highest BCUT2D eigenvalue weighted by molar-refractivity contribution is 5.81. The van der Waals surface area contributed by atoms with Crippen LogP contribution >= 0.6 is 0 Å². The van der Waals surface area contributed by atoms with Crippen LogP contribution in [-0.4, -0.2) is 9.97 Å². The molecule has 2 aromatic heterocycles. The van der Waals surface area contributed by atoms with Crippen LogP contribution in [-0.2, 0) is 0 Å². The fraction of sp³-hybridized carbons (Fsp3) is 0. The van der Waals surface area contributed by atoms with Gasteiger partial charge in [-0.25, -0.2) is 4.85 Å². The third-order valence-corrected chi connectivity index (χ3v) is 6.91. The van der Waals surface area contributed by atoms with Gasteiger partial charge in [-0.3, -0.25) is 9.97 Å². The van der Waals surface area contributed by atoms with Gasteiger partial charge in [0.05, 0.1) is 12.6 Å². The molecule has 0 aliphatic heterocycles. The Hall–Kier alpha value is -6.04. The smallest absolute Gasteiger partial charge is 0.189 e. The van der Waals surface area contributed by atoms with Gasteiger partial charge in [-0.1, -0.05) is 36.4 Å². The molecule has 0 atom stereocenters. The van der Waals surface area contributed by atoms with Crippen molar-refractivity contribution in [1.29, 1.82) is 5.26 Å². The van der Waals surface area contributed by atoms with E-state index in [2.05, 4.69) is 86.4 Å². The molecule has 0 aliphatic carbocycles. The molecule has 5 heteroatoms. The fourth-order valence-corrected chi connectivity index (χ4v) is 4.85. The minimum atomic E-state index is 0.452. The number of anilines is 3. The van der Waals surface area contributed by atoms with Gasteiger partial charge in [0.2, 0.25) is 0 Å². The quantitative estimate of drug-likeness (QED) is 0.203. The Morgan fingerprint density at radius 1 is 0.512 bits per heavy atom. The molecule has 0 amide bonds.